The minimum Gasteiger partial charge on any atom is -0.361 e. The first kappa shape index (κ1) is 14.6. The number of para-hydroxylation sites is 1. The van der Waals surface area contributed by atoms with Gasteiger partial charge in [0.2, 0.25) is 5.91 Å². The average Bonchev–Trinajstić information content (AvgIpc) is 2.88. The smallest absolute Gasteiger partial charge is 0.222 e. The molecule has 0 aliphatic carbocycles. The van der Waals surface area contributed by atoms with Crippen LogP contribution in [0.3, 0.4) is 0 Å². The van der Waals surface area contributed by atoms with Gasteiger partial charge in [-0.05, 0) is 37.4 Å². The summed E-state index contributed by atoms with van der Waals surface area (Å²) in [6.07, 6.45) is 4.63. The number of aromatic nitrogens is 1. The van der Waals surface area contributed by atoms with Gasteiger partial charge in [0.15, 0.2) is 0 Å². The molecule has 0 fully saturated rings. The third-order valence-corrected chi connectivity index (χ3v) is 3.66. The maximum atomic E-state index is 11.9. The molecule has 1 atom stereocenters. The molecule has 1 aromatic carbocycles. The first-order valence-electron chi connectivity index (χ1n) is 7.25. The molecule has 0 bridgehead atoms. The van der Waals surface area contributed by atoms with Crippen molar-refractivity contribution in [3.63, 3.8) is 0 Å². The number of benzene rings is 1. The molecular weight excluding hydrogens is 250 g/mol. The van der Waals surface area contributed by atoms with Gasteiger partial charge in [-0.15, -0.1) is 0 Å². The summed E-state index contributed by atoms with van der Waals surface area (Å²) in [7, 11) is 0. The van der Waals surface area contributed by atoms with E-state index >= 15 is 0 Å². The number of hydrogen-bond donors (Lipinski definition) is 3. The molecule has 108 valence electrons. The summed E-state index contributed by atoms with van der Waals surface area (Å²) in [5.74, 6) is 0.166. The van der Waals surface area contributed by atoms with Crippen molar-refractivity contribution in [3.8, 4) is 0 Å². The lowest BCUT2D eigenvalue weighted by atomic mass is 10.0. The van der Waals surface area contributed by atoms with Crippen LogP contribution in [-0.4, -0.2) is 24.0 Å². The number of H-pyrrole nitrogens is 1. The van der Waals surface area contributed by atoms with Gasteiger partial charge >= 0.3 is 0 Å². The van der Waals surface area contributed by atoms with Crippen molar-refractivity contribution in [2.24, 2.45) is 11.7 Å². The van der Waals surface area contributed by atoms with E-state index < -0.39 is 0 Å². The van der Waals surface area contributed by atoms with Gasteiger partial charge < -0.3 is 16.0 Å². The van der Waals surface area contributed by atoms with Crippen molar-refractivity contribution in [2.45, 2.75) is 26.2 Å². The molecule has 4 nitrogen and oxygen atoms in total. The lowest BCUT2D eigenvalue weighted by molar-refractivity contribution is -0.124. The molecule has 0 aliphatic rings. The molecule has 0 aliphatic heterocycles. The number of carbonyl (C=O) groups excluding carboxylic acids is 1. The molecule has 1 amide bonds. The SMILES string of the molecule is CC(CCCN)C(=O)NCCc1c[nH]c2ccccc12. The summed E-state index contributed by atoms with van der Waals surface area (Å²) in [5.41, 5.74) is 7.85. The molecule has 0 radical (unpaired) electrons. The number of hydrogen-bond acceptors (Lipinski definition) is 2. The van der Waals surface area contributed by atoms with E-state index in [1.54, 1.807) is 0 Å². The second-order valence-corrected chi connectivity index (χ2v) is 5.23. The fourth-order valence-electron chi connectivity index (χ4n) is 2.39. The molecule has 0 saturated carbocycles. The van der Waals surface area contributed by atoms with Crippen LogP contribution in [0.5, 0.6) is 0 Å². The highest BCUT2D eigenvalue weighted by atomic mass is 16.1. The summed E-state index contributed by atoms with van der Waals surface area (Å²) in [5, 5.41) is 4.23. The fraction of sp³-hybridized carbons (Fsp3) is 0.438. The average molecular weight is 273 g/mol. The van der Waals surface area contributed by atoms with E-state index in [4.69, 9.17) is 5.73 Å². The van der Waals surface area contributed by atoms with E-state index in [0.717, 1.165) is 24.8 Å². The Morgan fingerprint density at radius 2 is 2.20 bits per heavy atom. The molecule has 1 heterocycles. The maximum Gasteiger partial charge on any atom is 0.222 e. The standard InChI is InChI=1S/C16H23N3O/c1-12(5-4-9-17)16(20)18-10-8-13-11-19-15-7-3-2-6-14(13)15/h2-3,6-7,11-12,19H,4-5,8-10,17H2,1H3,(H,18,20). The number of nitrogens with two attached hydrogens (primary N) is 1. The molecule has 1 aromatic heterocycles. The topological polar surface area (TPSA) is 70.9 Å². The van der Waals surface area contributed by atoms with Crippen LogP contribution in [-0.2, 0) is 11.2 Å². The predicted octanol–water partition coefficient (Wildman–Crippen LogP) is 2.20. The number of carbonyl (C=O) groups is 1. The molecule has 1 unspecified atom stereocenters. The lowest BCUT2D eigenvalue weighted by Gasteiger charge is -2.11. The molecular formula is C16H23N3O. The van der Waals surface area contributed by atoms with E-state index in [2.05, 4.69) is 22.4 Å². The highest BCUT2D eigenvalue weighted by Crippen LogP contribution is 2.17. The van der Waals surface area contributed by atoms with E-state index in [0.29, 0.717) is 13.1 Å². The lowest BCUT2D eigenvalue weighted by Crippen LogP contribution is -2.31. The molecule has 2 rings (SSSR count). The Hall–Kier alpha value is -1.81. The molecule has 2 aromatic rings. The minimum atomic E-state index is 0.0431. The zero-order valence-electron chi connectivity index (χ0n) is 12.0. The Morgan fingerprint density at radius 3 is 3.00 bits per heavy atom. The second-order valence-electron chi connectivity index (χ2n) is 5.23. The normalized spacial score (nSPS) is 12.5. The van der Waals surface area contributed by atoms with Crippen LogP contribution in [0.2, 0.25) is 0 Å². The Kier molecular flexibility index (Phi) is 5.18. The number of rotatable bonds is 7. The van der Waals surface area contributed by atoms with Gasteiger partial charge in [0, 0.05) is 29.6 Å². The van der Waals surface area contributed by atoms with Gasteiger partial charge in [-0.25, -0.2) is 0 Å². The van der Waals surface area contributed by atoms with Crippen LogP contribution >= 0.6 is 0 Å². The van der Waals surface area contributed by atoms with Crippen molar-refractivity contribution in [2.75, 3.05) is 13.1 Å². The van der Waals surface area contributed by atoms with Crippen LogP contribution < -0.4 is 11.1 Å². The first-order chi connectivity index (χ1) is 9.72. The molecule has 4 heteroatoms. The summed E-state index contributed by atoms with van der Waals surface area (Å²) in [4.78, 5) is 15.1. The van der Waals surface area contributed by atoms with Crippen LogP contribution in [0, 0.1) is 5.92 Å². The summed E-state index contributed by atoms with van der Waals surface area (Å²) in [6.45, 7) is 3.28. The predicted molar refractivity (Wildman–Crippen MR) is 82.5 cm³/mol. The Bertz CT molecular complexity index is 562. The van der Waals surface area contributed by atoms with E-state index in [1.165, 1.54) is 10.9 Å². The minimum absolute atomic E-state index is 0.0431. The Labute approximate surface area is 119 Å². The summed E-state index contributed by atoms with van der Waals surface area (Å²) < 4.78 is 0. The van der Waals surface area contributed by atoms with Crippen LogP contribution in [0.1, 0.15) is 25.3 Å². The van der Waals surface area contributed by atoms with Gasteiger partial charge in [0.1, 0.15) is 0 Å². The zero-order valence-corrected chi connectivity index (χ0v) is 12.0. The largest absolute Gasteiger partial charge is 0.361 e. The molecule has 0 spiro atoms. The van der Waals surface area contributed by atoms with Crippen LogP contribution in [0.25, 0.3) is 10.9 Å². The van der Waals surface area contributed by atoms with Crippen molar-refractivity contribution in [1.82, 2.24) is 10.3 Å². The summed E-state index contributed by atoms with van der Waals surface area (Å²) in [6, 6.07) is 8.22. The number of nitrogens with one attached hydrogen (secondary N) is 2. The highest BCUT2D eigenvalue weighted by molar-refractivity contribution is 5.83. The second kappa shape index (κ2) is 7.10. The first-order valence-corrected chi connectivity index (χ1v) is 7.25. The van der Waals surface area contributed by atoms with Crippen LogP contribution in [0.15, 0.2) is 30.5 Å². The van der Waals surface area contributed by atoms with Crippen LogP contribution in [0.4, 0.5) is 0 Å². The molecule has 20 heavy (non-hydrogen) atoms. The van der Waals surface area contributed by atoms with Gasteiger partial charge in [-0.2, -0.15) is 0 Å². The Morgan fingerprint density at radius 1 is 1.40 bits per heavy atom. The molecule has 4 N–H and O–H groups in total. The third-order valence-electron chi connectivity index (χ3n) is 3.66. The number of aromatic amines is 1. The monoisotopic (exact) mass is 273 g/mol. The van der Waals surface area contributed by atoms with E-state index in [-0.39, 0.29) is 11.8 Å². The van der Waals surface area contributed by atoms with Gasteiger partial charge in [0.25, 0.3) is 0 Å². The van der Waals surface area contributed by atoms with E-state index in [9.17, 15) is 4.79 Å². The maximum absolute atomic E-state index is 11.9. The van der Waals surface area contributed by atoms with Crippen molar-refractivity contribution in [3.05, 3.63) is 36.0 Å². The number of amides is 1. The third kappa shape index (κ3) is 3.61. The van der Waals surface area contributed by atoms with E-state index in [1.807, 2.05) is 25.3 Å². The highest BCUT2D eigenvalue weighted by Gasteiger charge is 2.11. The fourth-order valence-corrected chi connectivity index (χ4v) is 2.39. The van der Waals surface area contributed by atoms with Gasteiger partial charge in [0.05, 0.1) is 0 Å². The van der Waals surface area contributed by atoms with Gasteiger partial charge in [-0.3, -0.25) is 4.79 Å². The van der Waals surface area contributed by atoms with Crippen molar-refractivity contribution < 1.29 is 4.79 Å². The van der Waals surface area contributed by atoms with Crippen molar-refractivity contribution in [1.29, 1.82) is 0 Å². The summed E-state index contributed by atoms with van der Waals surface area (Å²) >= 11 is 0. The molecule has 0 saturated heterocycles. The quantitative estimate of drug-likeness (QED) is 0.723. The zero-order chi connectivity index (χ0) is 14.4. The van der Waals surface area contributed by atoms with Crippen molar-refractivity contribution >= 4 is 16.8 Å². The van der Waals surface area contributed by atoms with Gasteiger partial charge in [-0.1, -0.05) is 25.1 Å². The Balaban J connectivity index is 1.82. The number of fused-ring (bicyclic) bond motifs is 1.